The lowest BCUT2D eigenvalue weighted by Gasteiger charge is -2.21. The molecule has 2 saturated heterocycles. The average Bonchev–Trinajstić information content (AvgIpc) is 3.59. The van der Waals surface area contributed by atoms with E-state index in [0.717, 1.165) is 17.1 Å². The molecule has 0 saturated carbocycles. The molecule has 0 radical (unpaired) electrons. The summed E-state index contributed by atoms with van der Waals surface area (Å²) in [7, 11) is 0. The number of fused-ring (bicyclic) bond motifs is 1. The van der Waals surface area contributed by atoms with Gasteiger partial charge in [0.05, 0.1) is 44.8 Å². The SMILES string of the molecule is CCCCC(=O)CN(CC(=O)O)C(=O)CNC(=O)CNC(=O)CN(CC(=O)O)C(=O)CNC(=O)CNC(=O)CC[C@@H]1SC[C@@H]2NC(=O)N[C@@H]21. The van der Waals surface area contributed by atoms with Crippen molar-refractivity contribution in [3.05, 3.63) is 0 Å². The molecule has 0 aromatic heterocycles. The molecule has 20 nitrogen and oxygen atoms in total. The summed E-state index contributed by atoms with van der Waals surface area (Å²) in [5.74, 6) is -7.20. The first-order chi connectivity index (χ1) is 23.2. The molecule has 2 heterocycles. The van der Waals surface area contributed by atoms with Crippen LogP contribution in [0.3, 0.4) is 0 Å². The van der Waals surface area contributed by atoms with E-state index < -0.39 is 99.7 Å². The predicted molar refractivity (Wildman–Crippen MR) is 170 cm³/mol. The highest BCUT2D eigenvalue weighted by Crippen LogP contribution is 2.32. The average molecular weight is 715 g/mol. The minimum Gasteiger partial charge on any atom is -0.480 e. The van der Waals surface area contributed by atoms with Gasteiger partial charge in [0.1, 0.15) is 19.6 Å². The van der Waals surface area contributed by atoms with Crippen LogP contribution in [0.15, 0.2) is 0 Å². The number of nitrogens with zero attached hydrogens (tertiary/aromatic N) is 2. The van der Waals surface area contributed by atoms with Crippen LogP contribution in [0.25, 0.3) is 0 Å². The molecule has 2 aliphatic heterocycles. The minimum absolute atomic E-state index is 0.00610. The summed E-state index contributed by atoms with van der Waals surface area (Å²) in [6, 6.07) is -0.319. The number of ketones is 1. The van der Waals surface area contributed by atoms with Gasteiger partial charge in [0, 0.05) is 23.8 Å². The number of hydrogen-bond acceptors (Lipinski definition) is 11. The third-order valence-corrected chi connectivity index (χ3v) is 8.74. The van der Waals surface area contributed by atoms with Gasteiger partial charge in [-0.3, -0.25) is 43.2 Å². The van der Waals surface area contributed by atoms with Crippen molar-refractivity contribution in [1.29, 1.82) is 0 Å². The van der Waals surface area contributed by atoms with Gasteiger partial charge < -0.3 is 51.9 Å². The molecule has 8 N–H and O–H groups in total. The number of amides is 8. The zero-order valence-corrected chi connectivity index (χ0v) is 27.7. The van der Waals surface area contributed by atoms with Crippen LogP contribution in [0.4, 0.5) is 4.79 Å². The number of aliphatic carboxylic acids is 2. The van der Waals surface area contributed by atoms with Crippen LogP contribution in [-0.2, 0) is 43.2 Å². The molecule has 272 valence electrons. The Hall–Kier alpha value is -4.95. The van der Waals surface area contributed by atoms with E-state index in [9.17, 15) is 47.9 Å². The normalized spacial score (nSPS) is 17.4. The van der Waals surface area contributed by atoms with E-state index in [0.29, 0.717) is 17.7 Å². The van der Waals surface area contributed by atoms with Gasteiger partial charge in [0.25, 0.3) is 0 Å². The molecule has 0 aromatic carbocycles. The van der Waals surface area contributed by atoms with Crippen LogP contribution >= 0.6 is 11.8 Å². The second-order valence-electron chi connectivity index (χ2n) is 11.2. The van der Waals surface area contributed by atoms with Crippen molar-refractivity contribution in [2.45, 2.75) is 56.4 Å². The van der Waals surface area contributed by atoms with Gasteiger partial charge in [-0.25, -0.2) is 4.79 Å². The van der Waals surface area contributed by atoms with E-state index >= 15 is 0 Å². The van der Waals surface area contributed by atoms with Crippen molar-refractivity contribution in [2.75, 3.05) is 58.1 Å². The summed E-state index contributed by atoms with van der Waals surface area (Å²) >= 11 is 1.63. The number of carbonyl (C=O) groups is 10. The number of carbonyl (C=O) groups excluding carboxylic acids is 8. The molecule has 21 heteroatoms. The molecule has 0 spiro atoms. The van der Waals surface area contributed by atoms with Gasteiger partial charge in [0.15, 0.2) is 5.78 Å². The number of carboxylic acids is 2. The summed E-state index contributed by atoms with van der Waals surface area (Å²) in [5.41, 5.74) is 0. The lowest BCUT2D eigenvalue weighted by atomic mass is 10.0. The number of unbranched alkanes of at least 4 members (excludes halogenated alkanes) is 1. The topological polar surface area (TPSA) is 290 Å². The highest BCUT2D eigenvalue weighted by molar-refractivity contribution is 8.00. The number of carboxylic acid groups (broad SMARTS) is 2. The Bertz CT molecular complexity index is 1300. The fraction of sp³-hybridized carbons (Fsp3) is 0.643. The van der Waals surface area contributed by atoms with Crippen molar-refractivity contribution in [3.63, 3.8) is 0 Å². The lowest BCUT2D eigenvalue weighted by molar-refractivity contribution is -0.146. The number of thioether (sulfide) groups is 1. The molecule has 2 rings (SSSR count). The number of rotatable bonds is 22. The molecule has 0 unspecified atom stereocenters. The van der Waals surface area contributed by atoms with E-state index in [1.807, 2.05) is 6.92 Å². The Balaban J connectivity index is 1.72. The molecule has 2 fully saturated rings. The lowest BCUT2D eigenvalue weighted by Crippen LogP contribution is -2.50. The second-order valence-corrected chi connectivity index (χ2v) is 12.5. The number of hydrogen-bond donors (Lipinski definition) is 8. The Morgan fingerprint density at radius 2 is 1.24 bits per heavy atom. The summed E-state index contributed by atoms with van der Waals surface area (Å²) in [6.45, 7) is -3.55. The van der Waals surface area contributed by atoms with Crippen LogP contribution in [0, 0.1) is 0 Å². The van der Waals surface area contributed by atoms with Gasteiger partial charge in [-0.05, 0) is 12.8 Å². The molecule has 49 heavy (non-hydrogen) atoms. The maximum absolute atomic E-state index is 12.6. The van der Waals surface area contributed by atoms with Crippen LogP contribution in [-0.4, -0.2) is 155 Å². The summed E-state index contributed by atoms with van der Waals surface area (Å²) in [4.78, 5) is 121. The first-order valence-corrected chi connectivity index (χ1v) is 16.5. The van der Waals surface area contributed by atoms with E-state index in [-0.39, 0.29) is 42.0 Å². The van der Waals surface area contributed by atoms with Gasteiger partial charge in [-0.15, -0.1) is 0 Å². The van der Waals surface area contributed by atoms with Gasteiger partial charge >= 0.3 is 18.0 Å². The van der Waals surface area contributed by atoms with Crippen LogP contribution in [0.1, 0.15) is 39.0 Å². The van der Waals surface area contributed by atoms with E-state index in [1.54, 1.807) is 11.8 Å². The molecular weight excluding hydrogens is 672 g/mol. The monoisotopic (exact) mass is 714 g/mol. The quantitative estimate of drug-likeness (QED) is 0.0497. The van der Waals surface area contributed by atoms with Crippen molar-refractivity contribution < 1.29 is 58.2 Å². The largest absolute Gasteiger partial charge is 0.480 e. The van der Waals surface area contributed by atoms with E-state index in [1.165, 1.54) is 0 Å². The summed E-state index contributed by atoms with van der Waals surface area (Å²) in [6.07, 6.45) is 2.03. The first-order valence-electron chi connectivity index (χ1n) is 15.4. The highest BCUT2D eigenvalue weighted by atomic mass is 32.2. The van der Waals surface area contributed by atoms with E-state index in [2.05, 4.69) is 31.9 Å². The van der Waals surface area contributed by atoms with Crippen molar-refractivity contribution in [1.82, 2.24) is 41.7 Å². The highest BCUT2D eigenvalue weighted by Gasteiger charge is 2.42. The maximum Gasteiger partial charge on any atom is 0.323 e. The Labute approximate surface area is 285 Å². The zero-order valence-electron chi connectivity index (χ0n) is 26.9. The van der Waals surface area contributed by atoms with Crippen LogP contribution in [0.2, 0.25) is 0 Å². The molecule has 2 aliphatic rings. The van der Waals surface area contributed by atoms with Crippen LogP contribution in [0.5, 0.6) is 0 Å². The zero-order chi connectivity index (χ0) is 36.5. The van der Waals surface area contributed by atoms with Gasteiger partial charge in [0.2, 0.25) is 35.4 Å². The third kappa shape index (κ3) is 15.2. The molecular formula is C28H42N8O12S. The van der Waals surface area contributed by atoms with Crippen molar-refractivity contribution in [2.24, 2.45) is 0 Å². The Kier molecular flexibility index (Phi) is 16.8. The molecule has 0 aliphatic carbocycles. The molecule has 8 amide bonds. The Morgan fingerprint density at radius 3 is 1.80 bits per heavy atom. The molecule has 0 bridgehead atoms. The van der Waals surface area contributed by atoms with E-state index in [4.69, 9.17) is 10.2 Å². The second kappa shape index (κ2) is 20.4. The van der Waals surface area contributed by atoms with Crippen molar-refractivity contribution in [3.8, 4) is 0 Å². The number of urea groups is 1. The van der Waals surface area contributed by atoms with Gasteiger partial charge in [-0.1, -0.05) is 13.3 Å². The Morgan fingerprint density at radius 1 is 0.714 bits per heavy atom. The fourth-order valence-corrected chi connectivity index (χ4v) is 6.24. The number of nitrogens with one attached hydrogen (secondary N) is 6. The predicted octanol–water partition coefficient (Wildman–Crippen LogP) is -4.02. The number of Topliss-reactive ketones (excluding diaryl/α,β-unsaturated/α-hetero) is 1. The third-order valence-electron chi connectivity index (χ3n) is 7.23. The minimum atomic E-state index is -1.46. The summed E-state index contributed by atoms with van der Waals surface area (Å²) < 4.78 is 0. The first kappa shape index (κ1) is 40.2. The molecule has 3 atom stereocenters. The van der Waals surface area contributed by atoms with Gasteiger partial charge in [-0.2, -0.15) is 11.8 Å². The molecule has 0 aromatic rings. The standard InChI is InChI=1S/C28H42N8O12S/c1-2-3-4-16(37)11-35(13-25(44)45)23(42)9-31-21(40)8-30-22(41)12-36(14-26(46)47)24(43)10-32-20(39)7-29-19(38)6-5-18-27-17(15-49-18)33-28(48)34-27/h17-18,27H,2-15H2,1H3,(H,29,38)(H,30,41)(H,31,40)(H,32,39)(H,44,45)(H,46,47)(H2,33,34,48)/t17-,18-,27-/m0/s1. The smallest absolute Gasteiger partial charge is 0.323 e. The maximum atomic E-state index is 12.6. The summed E-state index contributed by atoms with van der Waals surface area (Å²) in [5, 5.41) is 32.8. The van der Waals surface area contributed by atoms with Crippen molar-refractivity contribution >= 4 is 71.0 Å². The van der Waals surface area contributed by atoms with Crippen LogP contribution < -0.4 is 31.9 Å². The fourth-order valence-electron chi connectivity index (χ4n) is 4.75.